The molecule has 212 valence electrons. The molecule has 2 aromatic heterocycles. The van der Waals surface area contributed by atoms with Gasteiger partial charge in [0.25, 0.3) is 0 Å². The first kappa shape index (κ1) is 26.2. The molecule has 7 rings (SSSR count). The molecule has 1 saturated carbocycles. The topological polar surface area (TPSA) is 71.2 Å². The van der Waals surface area contributed by atoms with Gasteiger partial charge in [-0.15, -0.1) is 0 Å². The Balaban J connectivity index is 1.39. The van der Waals surface area contributed by atoms with Crippen LogP contribution >= 0.6 is 0 Å². The van der Waals surface area contributed by atoms with Gasteiger partial charge in [0.1, 0.15) is 5.82 Å². The van der Waals surface area contributed by atoms with Gasteiger partial charge in [-0.05, 0) is 66.9 Å². The number of esters is 1. The van der Waals surface area contributed by atoms with Gasteiger partial charge in [-0.3, -0.25) is 4.68 Å². The SMILES string of the molecule is COC(=O)c1ccc2c(C3CCCCC3)c3n(c2c1)CC(c1nc(CC2CCOCC2)n(C)n1)=Cc1ccccc1-3. The number of hydrogen-bond donors (Lipinski definition) is 0. The third-order valence-corrected chi connectivity index (χ3v) is 9.36. The Morgan fingerprint density at radius 3 is 2.66 bits per heavy atom. The van der Waals surface area contributed by atoms with E-state index in [9.17, 15) is 4.79 Å². The number of aryl methyl sites for hydroxylation is 1. The van der Waals surface area contributed by atoms with E-state index in [-0.39, 0.29) is 5.97 Å². The van der Waals surface area contributed by atoms with Gasteiger partial charge >= 0.3 is 5.97 Å². The van der Waals surface area contributed by atoms with Gasteiger partial charge in [-0.2, -0.15) is 5.10 Å². The second-order valence-corrected chi connectivity index (χ2v) is 11.9. The largest absolute Gasteiger partial charge is 0.465 e. The first-order valence-corrected chi connectivity index (χ1v) is 15.1. The molecule has 7 nitrogen and oxygen atoms in total. The summed E-state index contributed by atoms with van der Waals surface area (Å²) >= 11 is 0. The summed E-state index contributed by atoms with van der Waals surface area (Å²) in [6.45, 7) is 2.30. The number of aromatic nitrogens is 4. The molecule has 4 aromatic rings. The number of benzene rings is 2. The van der Waals surface area contributed by atoms with Crippen molar-refractivity contribution >= 4 is 28.5 Å². The Labute approximate surface area is 241 Å². The van der Waals surface area contributed by atoms with Crippen molar-refractivity contribution in [3.8, 4) is 11.3 Å². The molecule has 0 radical (unpaired) electrons. The number of carbonyl (C=O) groups is 1. The first-order valence-electron chi connectivity index (χ1n) is 15.1. The second kappa shape index (κ2) is 10.9. The van der Waals surface area contributed by atoms with Gasteiger partial charge in [0, 0.05) is 48.7 Å². The van der Waals surface area contributed by atoms with E-state index in [4.69, 9.17) is 19.6 Å². The van der Waals surface area contributed by atoms with Gasteiger partial charge in [-0.1, -0.05) is 49.6 Å². The van der Waals surface area contributed by atoms with Crippen molar-refractivity contribution in [1.82, 2.24) is 19.3 Å². The summed E-state index contributed by atoms with van der Waals surface area (Å²) in [5.41, 5.74) is 7.85. The molecule has 1 aliphatic carbocycles. The van der Waals surface area contributed by atoms with E-state index in [1.807, 2.05) is 23.9 Å². The van der Waals surface area contributed by atoms with E-state index in [0.717, 1.165) is 55.2 Å². The number of nitrogens with zero attached hydrogens (tertiary/aromatic N) is 4. The second-order valence-electron chi connectivity index (χ2n) is 11.9. The van der Waals surface area contributed by atoms with Crippen LogP contribution in [-0.2, 0) is 29.5 Å². The fourth-order valence-electron chi connectivity index (χ4n) is 7.20. The summed E-state index contributed by atoms with van der Waals surface area (Å²) in [5, 5.41) is 6.18. The maximum absolute atomic E-state index is 12.6. The highest BCUT2D eigenvalue weighted by molar-refractivity contribution is 6.01. The summed E-state index contributed by atoms with van der Waals surface area (Å²) in [7, 11) is 3.46. The molecule has 2 fully saturated rings. The average Bonchev–Trinajstić information content (AvgIpc) is 3.48. The van der Waals surface area contributed by atoms with Crippen molar-refractivity contribution in [2.24, 2.45) is 13.0 Å². The van der Waals surface area contributed by atoms with Gasteiger partial charge in [-0.25, -0.2) is 9.78 Å². The van der Waals surface area contributed by atoms with Crippen molar-refractivity contribution in [2.75, 3.05) is 20.3 Å². The Bertz CT molecular complexity index is 1630. The van der Waals surface area contributed by atoms with E-state index in [1.165, 1.54) is 67.0 Å². The highest BCUT2D eigenvalue weighted by Gasteiger charge is 2.30. The minimum absolute atomic E-state index is 0.310. The molecule has 0 N–H and O–H groups in total. The molecule has 0 bridgehead atoms. The van der Waals surface area contributed by atoms with E-state index in [1.54, 1.807) is 0 Å². The van der Waals surface area contributed by atoms with Crippen molar-refractivity contribution in [2.45, 2.75) is 63.8 Å². The smallest absolute Gasteiger partial charge is 0.337 e. The summed E-state index contributed by atoms with van der Waals surface area (Å²) in [6, 6.07) is 14.8. The van der Waals surface area contributed by atoms with Gasteiger partial charge < -0.3 is 14.0 Å². The van der Waals surface area contributed by atoms with Crippen LogP contribution in [0.5, 0.6) is 0 Å². The number of fused-ring (bicyclic) bond motifs is 5. The molecule has 41 heavy (non-hydrogen) atoms. The van der Waals surface area contributed by atoms with E-state index < -0.39 is 0 Å². The maximum Gasteiger partial charge on any atom is 0.337 e. The van der Waals surface area contributed by atoms with Crippen molar-refractivity contribution in [3.05, 3.63) is 70.8 Å². The fraction of sp³-hybridized carbons (Fsp3) is 0.441. The summed E-state index contributed by atoms with van der Waals surface area (Å²) in [5.74, 6) is 2.58. The number of allylic oxidation sites excluding steroid dienone is 1. The number of hydrogen-bond acceptors (Lipinski definition) is 5. The van der Waals surface area contributed by atoms with Crippen molar-refractivity contribution < 1.29 is 14.3 Å². The van der Waals surface area contributed by atoms with Crippen LogP contribution in [0.1, 0.15) is 84.0 Å². The molecule has 0 spiro atoms. The molecule has 2 aromatic carbocycles. The molecule has 0 amide bonds. The lowest BCUT2D eigenvalue weighted by Crippen LogP contribution is -2.19. The quantitative estimate of drug-likeness (QED) is 0.256. The minimum atomic E-state index is -0.310. The van der Waals surface area contributed by atoms with Crippen LogP contribution in [0, 0.1) is 5.92 Å². The Morgan fingerprint density at radius 2 is 1.85 bits per heavy atom. The molecule has 2 aliphatic heterocycles. The van der Waals surface area contributed by atoms with Gasteiger partial charge in [0.2, 0.25) is 0 Å². The van der Waals surface area contributed by atoms with Crippen LogP contribution in [0.4, 0.5) is 0 Å². The number of ether oxygens (including phenoxy) is 2. The lowest BCUT2D eigenvalue weighted by atomic mass is 9.81. The van der Waals surface area contributed by atoms with E-state index in [0.29, 0.717) is 23.9 Å². The molecule has 7 heteroatoms. The molecular formula is C34H38N4O3. The standard InChI is InChI=1S/C34H38N4O3/c1-37-30(18-22-14-16-41-17-15-22)35-33(36-37)26-19-24-10-6-7-11-27(24)32-31(23-8-4-3-5-9-23)28-13-12-25(34(39)40-2)20-29(28)38(32)21-26/h6-7,10-13,19-20,22-23H,3-5,8-9,14-18,21H2,1-2H3. The lowest BCUT2D eigenvalue weighted by molar-refractivity contribution is 0.0600. The maximum atomic E-state index is 12.6. The first-order chi connectivity index (χ1) is 20.1. The van der Waals surface area contributed by atoms with E-state index >= 15 is 0 Å². The average molecular weight is 551 g/mol. The zero-order chi connectivity index (χ0) is 27.9. The normalized spacial score (nSPS) is 18.0. The molecule has 1 saturated heterocycles. The molecule has 4 heterocycles. The van der Waals surface area contributed by atoms with Crippen LogP contribution < -0.4 is 0 Å². The molecular weight excluding hydrogens is 512 g/mol. The lowest BCUT2D eigenvalue weighted by Gasteiger charge is -2.24. The zero-order valence-electron chi connectivity index (χ0n) is 24.1. The fourth-order valence-corrected chi connectivity index (χ4v) is 7.20. The Hall–Kier alpha value is -3.71. The summed E-state index contributed by atoms with van der Waals surface area (Å²) in [6.07, 6.45) is 11.6. The van der Waals surface area contributed by atoms with Crippen LogP contribution in [0.2, 0.25) is 0 Å². The molecule has 3 aliphatic rings. The third kappa shape index (κ3) is 4.80. The van der Waals surface area contributed by atoms with Gasteiger partial charge in [0.15, 0.2) is 5.82 Å². The molecule has 0 unspecified atom stereocenters. The zero-order valence-corrected chi connectivity index (χ0v) is 24.1. The Morgan fingerprint density at radius 1 is 1.05 bits per heavy atom. The van der Waals surface area contributed by atoms with Gasteiger partial charge in [0.05, 0.1) is 24.9 Å². The highest BCUT2D eigenvalue weighted by Crippen LogP contribution is 2.47. The van der Waals surface area contributed by atoms with Crippen molar-refractivity contribution in [1.29, 1.82) is 0 Å². The van der Waals surface area contributed by atoms with Crippen molar-refractivity contribution in [3.63, 3.8) is 0 Å². The van der Waals surface area contributed by atoms with Crippen LogP contribution in [0.25, 0.3) is 33.8 Å². The monoisotopic (exact) mass is 550 g/mol. The Kier molecular flexibility index (Phi) is 6.99. The highest BCUT2D eigenvalue weighted by atomic mass is 16.5. The number of carbonyl (C=O) groups excluding carboxylic acids is 1. The third-order valence-electron chi connectivity index (χ3n) is 9.36. The predicted molar refractivity (Wildman–Crippen MR) is 161 cm³/mol. The summed E-state index contributed by atoms with van der Waals surface area (Å²) < 4.78 is 15.1. The van der Waals surface area contributed by atoms with Crippen LogP contribution in [0.15, 0.2) is 42.5 Å². The number of rotatable bonds is 5. The number of methoxy groups -OCH3 is 1. The van der Waals surface area contributed by atoms with Crippen LogP contribution in [0.3, 0.4) is 0 Å². The van der Waals surface area contributed by atoms with E-state index in [2.05, 4.69) is 41.0 Å². The summed E-state index contributed by atoms with van der Waals surface area (Å²) in [4.78, 5) is 17.7. The van der Waals surface area contributed by atoms with Crippen LogP contribution in [-0.4, -0.2) is 45.6 Å². The predicted octanol–water partition coefficient (Wildman–Crippen LogP) is 6.79. The minimum Gasteiger partial charge on any atom is -0.465 e. The molecule has 0 atom stereocenters.